The molecule has 2 unspecified atom stereocenters. The highest BCUT2D eigenvalue weighted by molar-refractivity contribution is 4.98. The van der Waals surface area contributed by atoms with E-state index in [1.165, 1.54) is 0 Å². The summed E-state index contributed by atoms with van der Waals surface area (Å²) in [5.41, 5.74) is 6.06. The molecule has 1 aliphatic carbocycles. The van der Waals surface area contributed by atoms with Gasteiger partial charge in [-0.1, -0.05) is 13.8 Å². The molecule has 3 N–H and O–H groups in total. The topological polar surface area (TPSA) is 46.2 Å². The Kier molecular flexibility index (Phi) is 2.02. The van der Waals surface area contributed by atoms with Crippen LogP contribution in [0.5, 0.6) is 0 Å². The second-order valence-electron chi connectivity index (χ2n) is 3.87. The number of hydrogen-bond donors (Lipinski definition) is 2. The van der Waals surface area contributed by atoms with Crippen LogP contribution in [-0.4, -0.2) is 17.8 Å². The van der Waals surface area contributed by atoms with Crippen molar-refractivity contribution in [3.05, 3.63) is 0 Å². The van der Waals surface area contributed by atoms with Crippen molar-refractivity contribution in [3.63, 3.8) is 0 Å². The Bertz CT molecular complexity index is 120. The first-order valence-electron chi connectivity index (χ1n) is 3.95. The van der Waals surface area contributed by atoms with E-state index in [1.54, 1.807) is 0 Å². The molecule has 10 heavy (non-hydrogen) atoms. The third kappa shape index (κ3) is 1.06. The van der Waals surface area contributed by atoms with Gasteiger partial charge in [0.05, 0.1) is 0 Å². The molecule has 0 radical (unpaired) electrons. The smallest absolute Gasteiger partial charge is 0.0433 e. The van der Waals surface area contributed by atoms with Crippen LogP contribution in [0.4, 0.5) is 0 Å². The van der Waals surface area contributed by atoms with Crippen LogP contribution in [0.25, 0.3) is 0 Å². The van der Waals surface area contributed by atoms with E-state index in [4.69, 9.17) is 10.8 Å². The minimum atomic E-state index is 0.267. The van der Waals surface area contributed by atoms with E-state index in [0.717, 1.165) is 12.8 Å². The van der Waals surface area contributed by atoms with E-state index in [9.17, 15) is 0 Å². The molecule has 0 saturated heterocycles. The lowest BCUT2D eigenvalue weighted by molar-refractivity contribution is 0.0191. The normalized spacial score (nSPS) is 37.2. The Morgan fingerprint density at radius 3 is 2.50 bits per heavy atom. The van der Waals surface area contributed by atoms with Crippen molar-refractivity contribution in [2.24, 2.45) is 17.1 Å². The fourth-order valence-electron chi connectivity index (χ4n) is 1.70. The van der Waals surface area contributed by atoms with Crippen LogP contribution in [0.1, 0.15) is 26.7 Å². The highest BCUT2D eigenvalue weighted by Crippen LogP contribution is 2.46. The first kappa shape index (κ1) is 8.02. The maximum Gasteiger partial charge on any atom is 0.0433 e. The molecule has 0 amide bonds. The van der Waals surface area contributed by atoms with Gasteiger partial charge in [-0.25, -0.2) is 0 Å². The molecular formula is C8H17NO. The number of aliphatic hydroxyl groups excluding tert-OH is 1. The Morgan fingerprint density at radius 2 is 2.20 bits per heavy atom. The van der Waals surface area contributed by atoms with Crippen molar-refractivity contribution in [2.75, 3.05) is 6.61 Å². The summed E-state index contributed by atoms with van der Waals surface area (Å²) in [7, 11) is 0. The van der Waals surface area contributed by atoms with Crippen molar-refractivity contribution < 1.29 is 5.11 Å². The van der Waals surface area contributed by atoms with Crippen LogP contribution in [0.3, 0.4) is 0 Å². The van der Waals surface area contributed by atoms with Crippen LogP contribution >= 0.6 is 0 Å². The summed E-state index contributed by atoms with van der Waals surface area (Å²) in [5.74, 6) is 0.646. The van der Waals surface area contributed by atoms with Crippen LogP contribution in [0, 0.1) is 11.3 Å². The second-order valence-corrected chi connectivity index (χ2v) is 3.87. The summed E-state index contributed by atoms with van der Waals surface area (Å²) >= 11 is 0. The van der Waals surface area contributed by atoms with Gasteiger partial charge in [0, 0.05) is 12.6 Å². The Balaban J connectivity index is 2.39. The summed E-state index contributed by atoms with van der Waals surface area (Å²) < 4.78 is 0. The highest BCUT2D eigenvalue weighted by Gasteiger charge is 2.44. The predicted molar refractivity (Wildman–Crippen MR) is 41.6 cm³/mol. The van der Waals surface area contributed by atoms with Gasteiger partial charge >= 0.3 is 0 Å². The fraction of sp³-hybridized carbons (Fsp3) is 1.00. The molecule has 0 aromatic heterocycles. The largest absolute Gasteiger partial charge is 0.396 e. The minimum Gasteiger partial charge on any atom is -0.396 e. The molecular weight excluding hydrogens is 126 g/mol. The van der Waals surface area contributed by atoms with Crippen molar-refractivity contribution in [2.45, 2.75) is 32.7 Å². The predicted octanol–water partition coefficient (Wildman–Crippen LogP) is 0.742. The third-order valence-electron chi connectivity index (χ3n) is 3.02. The van der Waals surface area contributed by atoms with Crippen LogP contribution < -0.4 is 5.73 Å². The summed E-state index contributed by atoms with van der Waals surface area (Å²) in [6.07, 6.45) is 2.01. The van der Waals surface area contributed by atoms with E-state index in [1.807, 2.05) is 0 Å². The monoisotopic (exact) mass is 143 g/mol. The zero-order valence-corrected chi connectivity index (χ0v) is 6.80. The molecule has 2 nitrogen and oxygen atoms in total. The minimum absolute atomic E-state index is 0.267. The van der Waals surface area contributed by atoms with Gasteiger partial charge in [-0.2, -0.15) is 0 Å². The van der Waals surface area contributed by atoms with Gasteiger partial charge in [0.15, 0.2) is 0 Å². The summed E-state index contributed by atoms with van der Waals surface area (Å²) in [6.45, 7) is 4.67. The summed E-state index contributed by atoms with van der Waals surface area (Å²) in [5, 5.41) is 8.68. The lowest BCUT2D eigenvalue weighted by Crippen LogP contribution is -2.54. The molecule has 1 fully saturated rings. The number of nitrogens with two attached hydrogens (primary N) is 1. The van der Waals surface area contributed by atoms with Gasteiger partial charge < -0.3 is 10.8 Å². The van der Waals surface area contributed by atoms with E-state index in [-0.39, 0.29) is 5.41 Å². The van der Waals surface area contributed by atoms with Crippen molar-refractivity contribution >= 4 is 0 Å². The standard InChI is InChI=1S/C8H17NO/c1-8(2)6(3-4-10)5-7(8)9/h6-7,10H,3-5,9H2,1-2H3. The van der Waals surface area contributed by atoms with Gasteiger partial charge in [-0.05, 0) is 24.2 Å². The maximum atomic E-state index is 8.68. The highest BCUT2D eigenvalue weighted by atomic mass is 16.3. The zero-order valence-electron chi connectivity index (χ0n) is 6.80. The van der Waals surface area contributed by atoms with Crippen LogP contribution in [-0.2, 0) is 0 Å². The van der Waals surface area contributed by atoms with Crippen molar-refractivity contribution in [3.8, 4) is 0 Å². The molecule has 0 aliphatic heterocycles. The molecule has 1 saturated carbocycles. The van der Waals surface area contributed by atoms with Gasteiger partial charge in [-0.15, -0.1) is 0 Å². The zero-order chi connectivity index (χ0) is 7.78. The van der Waals surface area contributed by atoms with E-state index in [0.29, 0.717) is 18.6 Å². The second kappa shape index (κ2) is 2.51. The average Bonchev–Trinajstić information content (AvgIpc) is 1.88. The van der Waals surface area contributed by atoms with E-state index in [2.05, 4.69) is 13.8 Å². The molecule has 0 aromatic rings. The molecule has 0 heterocycles. The molecule has 2 heteroatoms. The molecule has 60 valence electrons. The summed E-state index contributed by atoms with van der Waals surface area (Å²) in [4.78, 5) is 0. The fourth-order valence-corrected chi connectivity index (χ4v) is 1.70. The van der Waals surface area contributed by atoms with Gasteiger partial charge in [0.2, 0.25) is 0 Å². The summed E-state index contributed by atoms with van der Waals surface area (Å²) in [6, 6.07) is 0.351. The molecule has 1 aliphatic rings. The third-order valence-corrected chi connectivity index (χ3v) is 3.02. The lowest BCUT2D eigenvalue weighted by Gasteiger charge is -2.50. The number of rotatable bonds is 2. The quantitative estimate of drug-likeness (QED) is 0.599. The van der Waals surface area contributed by atoms with Crippen LogP contribution in [0.15, 0.2) is 0 Å². The molecule has 1 rings (SSSR count). The number of hydrogen-bond acceptors (Lipinski definition) is 2. The molecule has 0 bridgehead atoms. The van der Waals surface area contributed by atoms with E-state index < -0.39 is 0 Å². The molecule has 0 spiro atoms. The van der Waals surface area contributed by atoms with Gasteiger partial charge in [0.25, 0.3) is 0 Å². The van der Waals surface area contributed by atoms with E-state index >= 15 is 0 Å². The molecule has 0 aromatic carbocycles. The lowest BCUT2D eigenvalue weighted by atomic mass is 9.58. The molecule has 2 atom stereocenters. The average molecular weight is 143 g/mol. The van der Waals surface area contributed by atoms with Gasteiger partial charge in [0.1, 0.15) is 0 Å². The Morgan fingerprint density at radius 1 is 1.60 bits per heavy atom. The number of aliphatic hydroxyl groups is 1. The first-order chi connectivity index (χ1) is 4.59. The van der Waals surface area contributed by atoms with Crippen molar-refractivity contribution in [1.29, 1.82) is 0 Å². The SMILES string of the molecule is CC1(C)C(N)CC1CCO. The first-order valence-corrected chi connectivity index (χ1v) is 3.95. The van der Waals surface area contributed by atoms with Crippen LogP contribution in [0.2, 0.25) is 0 Å². The van der Waals surface area contributed by atoms with Gasteiger partial charge in [-0.3, -0.25) is 0 Å². The maximum absolute atomic E-state index is 8.68. The Labute approximate surface area is 62.4 Å². The van der Waals surface area contributed by atoms with Crippen molar-refractivity contribution in [1.82, 2.24) is 0 Å². The Hall–Kier alpha value is -0.0800.